The monoisotopic (exact) mass is 350 g/mol. The number of piperidine rings is 1. The predicted octanol–water partition coefficient (Wildman–Crippen LogP) is 3.41. The summed E-state index contributed by atoms with van der Waals surface area (Å²) in [6, 6.07) is 11.1. The predicted molar refractivity (Wildman–Crippen MR) is 104 cm³/mol. The highest BCUT2D eigenvalue weighted by molar-refractivity contribution is 7.79. The van der Waals surface area contributed by atoms with Gasteiger partial charge in [0.1, 0.15) is 10.5 Å². The molecule has 1 heterocycles. The minimum absolute atomic E-state index is 0.198. The van der Waals surface area contributed by atoms with E-state index in [0.717, 1.165) is 19.6 Å². The number of thiol groups is 1. The van der Waals surface area contributed by atoms with E-state index in [1.807, 2.05) is 6.07 Å². The fourth-order valence-corrected chi connectivity index (χ4v) is 3.47. The van der Waals surface area contributed by atoms with E-state index in [4.69, 9.17) is 4.74 Å². The van der Waals surface area contributed by atoms with Gasteiger partial charge in [-0.1, -0.05) is 30.3 Å². The van der Waals surface area contributed by atoms with Crippen LogP contribution in [0.25, 0.3) is 0 Å². The third kappa shape index (κ3) is 5.61. The Kier molecular flexibility index (Phi) is 7.33. The molecular formula is C20H32NO2S+. The van der Waals surface area contributed by atoms with Crippen LogP contribution in [0.2, 0.25) is 0 Å². The highest BCUT2D eigenvalue weighted by atomic mass is 32.2. The largest absolute Gasteiger partial charge is 0.380 e. The molecule has 134 valence electrons. The van der Waals surface area contributed by atoms with Crippen LogP contribution in [0, 0.1) is 0 Å². The number of hydrogen-bond donors (Lipinski definition) is 0. The van der Waals surface area contributed by atoms with Crippen LogP contribution in [-0.2, 0) is 21.3 Å². The lowest BCUT2D eigenvalue weighted by molar-refractivity contribution is -0.125. The molecule has 0 spiro atoms. The smallest absolute Gasteiger partial charge is 0.135 e. The molecule has 0 aromatic heterocycles. The molecule has 0 bridgehead atoms. The molecule has 1 aliphatic rings. The Balaban J connectivity index is 1.92. The number of ketones is 1. The first-order chi connectivity index (χ1) is 11.4. The summed E-state index contributed by atoms with van der Waals surface area (Å²) in [6.45, 7) is 9.03. The SMILES string of the molecule is C[SH+]C(C)(C)CCOCC1CC(=O)CCN1C(C)c1ccccc1. The number of nitrogens with zero attached hydrogens (tertiary/aromatic N) is 1. The van der Waals surface area contributed by atoms with Crippen LogP contribution < -0.4 is 0 Å². The van der Waals surface area contributed by atoms with Gasteiger partial charge in [0.25, 0.3) is 0 Å². The molecule has 1 aliphatic heterocycles. The van der Waals surface area contributed by atoms with Gasteiger partial charge in [0, 0.05) is 37.9 Å². The van der Waals surface area contributed by atoms with Gasteiger partial charge in [-0.2, -0.15) is 0 Å². The zero-order chi connectivity index (χ0) is 17.6. The van der Waals surface area contributed by atoms with E-state index in [1.165, 1.54) is 17.3 Å². The fourth-order valence-electron chi connectivity index (χ4n) is 3.16. The lowest BCUT2D eigenvalue weighted by Gasteiger charge is -2.39. The second-order valence-electron chi connectivity index (χ2n) is 7.33. The molecule has 1 saturated heterocycles. The number of carbonyl (C=O) groups is 1. The van der Waals surface area contributed by atoms with E-state index in [2.05, 4.69) is 56.2 Å². The number of likely N-dealkylation sites (tertiary alicyclic amines) is 1. The van der Waals surface area contributed by atoms with E-state index in [0.29, 0.717) is 36.0 Å². The van der Waals surface area contributed by atoms with Crippen molar-refractivity contribution in [2.45, 2.75) is 56.9 Å². The molecule has 4 heteroatoms. The number of Topliss-reactive ketones (excluding diaryl/α,β-unsaturated/α-hetero) is 1. The second-order valence-corrected chi connectivity index (χ2v) is 8.99. The molecular weight excluding hydrogens is 318 g/mol. The van der Waals surface area contributed by atoms with Crippen LogP contribution in [0.4, 0.5) is 0 Å². The highest BCUT2D eigenvalue weighted by Gasteiger charge is 2.31. The molecule has 24 heavy (non-hydrogen) atoms. The molecule has 0 radical (unpaired) electrons. The molecule has 2 atom stereocenters. The standard InChI is InChI=1S/C20H31NO2S/c1-16(17-8-6-5-7-9-17)21-12-10-19(22)14-18(21)15-23-13-11-20(2,3)24-4/h5-9,16,18H,10-15H2,1-4H3/p+1. The van der Waals surface area contributed by atoms with Crippen molar-refractivity contribution in [3.63, 3.8) is 0 Å². The molecule has 1 fully saturated rings. The lowest BCUT2D eigenvalue weighted by atomic mass is 9.96. The van der Waals surface area contributed by atoms with E-state index in [-0.39, 0.29) is 6.04 Å². The van der Waals surface area contributed by atoms with Gasteiger partial charge >= 0.3 is 0 Å². The van der Waals surface area contributed by atoms with Crippen molar-refractivity contribution in [2.75, 3.05) is 26.0 Å². The van der Waals surface area contributed by atoms with Crippen molar-refractivity contribution in [1.82, 2.24) is 4.90 Å². The molecule has 0 aliphatic carbocycles. The van der Waals surface area contributed by atoms with E-state index >= 15 is 0 Å². The number of hydrogen-bond acceptors (Lipinski definition) is 3. The zero-order valence-corrected chi connectivity index (χ0v) is 16.4. The van der Waals surface area contributed by atoms with Crippen LogP contribution in [0.15, 0.2) is 30.3 Å². The Morgan fingerprint density at radius 1 is 1.33 bits per heavy atom. The number of carbonyl (C=O) groups excluding carboxylic acids is 1. The van der Waals surface area contributed by atoms with Gasteiger partial charge in [-0.05, 0) is 38.1 Å². The average Bonchev–Trinajstić information content (AvgIpc) is 2.59. The zero-order valence-electron chi connectivity index (χ0n) is 15.5. The maximum absolute atomic E-state index is 11.9. The Hall–Kier alpha value is -0.840. The van der Waals surface area contributed by atoms with Gasteiger partial charge in [0.05, 0.1) is 19.5 Å². The average molecular weight is 351 g/mol. The molecule has 1 aromatic carbocycles. The molecule has 0 amide bonds. The number of ether oxygens (including phenoxy) is 1. The van der Waals surface area contributed by atoms with Crippen LogP contribution in [0.3, 0.4) is 0 Å². The molecule has 0 N–H and O–H groups in total. The Morgan fingerprint density at radius 2 is 2.04 bits per heavy atom. The fraction of sp³-hybridized carbons (Fsp3) is 0.650. The van der Waals surface area contributed by atoms with Crippen molar-refractivity contribution in [3.05, 3.63) is 35.9 Å². The van der Waals surface area contributed by atoms with Crippen molar-refractivity contribution < 1.29 is 9.53 Å². The van der Waals surface area contributed by atoms with Crippen LogP contribution in [0.1, 0.15) is 51.6 Å². The van der Waals surface area contributed by atoms with Gasteiger partial charge in [-0.3, -0.25) is 9.69 Å². The van der Waals surface area contributed by atoms with Gasteiger partial charge in [0.2, 0.25) is 0 Å². The minimum Gasteiger partial charge on any atom is -0.380 e. The molecule has 1 aromatic rings. The maximum atomic E-state index is 11.9. The summed E-state index contributed by atoms with van der Waals surface area (Å²) in [7, 11) is 0. The molecule has 0 saturated carbocycles. The lowest BCUT2D eigenvalue weighted by Crippen LogP contribution is -2.46. The first kappa shape index (κ1) is 19.5. The normalized spacial score (nSPS) is 21.0. The first-order valence-electron chi connectivity index (χ1n) is 8.94. The summed E-state index contributed by atoms with van der Waals surface area (Å²) < 4.78 is 6.28. The van der Waals surface area contributed by atoms with Crippen LogP contribution >= 0.6 is 0 Å². The summed E-state index contributed by atoms with van der Waals surface area (Å²) in [5.74, 6) is 0.368. The Bertz CT molecular complexity index is 518. The topological polar surface area (TPSA) is 29.5 Å². The third-order valence-electron chi connectivity index (χ3n) is 5.13. The quantitative estimate of drug-likeness (QED) is 0.409. The van der Waals surface area contributed by atoms with Gasteiger partial charge in [0.15, 0.2) is 0 Å². The first-order valence-corrected chi connectivity index (χ1v) is 10.3. The molecule has 3 nitrogen and oxygen atoms in total. The van der Waals surface area contributed by atoms with Gasteiger partial charge in [-0.25, -0.2) is 0 Å². The minimum atomic E-state index is 0.198. The third-order valence-corrected chi connectivity index (χ3v) is 6.57. The van der Waals surface area contributed by atoms with Crippen LogP contribution in [0.5, 0.6) is 0 Å². The summed E-state index contributed by atoms with van der Waals surface area (Å²) >= 11 is 1.40. The molecule has 2 rings (SSSR count). The number of benzene rings is 1. The summed E-state index contributed by atoms with van der Waals surface area (Å²) in [6.07, 6.45) is 4.53. The summed E-state index contributed by atoms with van der Waals surface area (Å²) in [5, 5.41) is 0. The van der Waals surface area contributed by atoms with E-state index in [9.17, 15) is 4.79 Å². The molecule has 2 unspecified atom stereocenters. The van der Waals surface area contributed by atoms with Crippen LogP contribution in [-0.4, -0.2) is 47.5 Å². The van der Waals surface area contributed by atoms with Crippen molar-refractivity contribution in [2.24, 2.45) is 0 Å². The van der Waals surface area contributed by atoms with E-state index in [1.54, 1.807) is 0 Å². The number of rotatable bonds is 8. The maximum Gasteiger partial charge on any atom is 0.135 e. The van der Waals surface area contributed by atoms with Crippen molar-refractivity contribution in [1.29, 1.82) is 0 Å². The van der Waals surface area contributed by atoms with Crippen molar-refractivity contribution >= 4 is 17.5 Å². The Labute approximate surface area is 151 Å². The van der Waals surface area contributed by atoms with E-state index < -0.39 is 0 Å². The Morgan fingerprint density at radius 3 is 2.71 bits per heavy atom. The van der Waals surface area contributed by atoms with Gasteiger partial charge in [-0.15, -0.1) is 0 Å². The summed E-state index contributed by atoms with van der Waals surface area (Å²) in [4.78, 5) is 14.4. The highest BCUT2D eigenvalue weighted by Crippen LogP contribution is 2.27. The summed E-state index contributed by atoms with van der Waals surface area (Å²) in [5.41, 5.74) is 1.31. The van der Waals surface area contributed by atoms with Crippen molar-refractivity contribution in [3.8, 4) is 0 Å². The van der Waals surface area contributed by atoms with Gasteiger partial charge < -0.3 is 4.74 Å². The second kappa shape index (κ2) is 9.02.